The second-order valence-corrected chi connectivity index (χ2v) is 2.50. The third kappa shape index (κ3) is 3.72. The van der Waals surface area contributed by atoms with Crippen molar-refractivity contribution in [3.8, 4) is 0 Å². The summed E-state index contributed by atoms with van der Waals surface area (Å²) in [5, 5.41) is 0. The number of allylic oxidation sites excluding steroid dienone is 2. The summed E-state index contributed by atoms with van der Waals surface area (Å²) in [5.74, 6) is 0. The molecule has 1 atom stereocenters. The maximum Gasteiger partial charge on any atom is 0.0789 e. The van der Waals surface area contributed by atoms with Crippen molar-refractivity contribution in [1.29, 1.82) is 0 Å². The third-order valence-corrected chi connectivity index (χ3v) is 1.85. The van der Waals surface area contributed by atoms with E-state index in [1.165, 1.54) is 5.57 Å². The molecule has 1 rings (SSSR count). The molecular weight excluding hydrogens is 148 g/mol. The first-order valence-corrected chi connectivity index (χ1v) is 4.77. The summed E-state index contributed by atoms with van der Waals surface area (Å²) < 4.78 is 5.15. The van der Waals surface area contributed by atoms with Crippen molar-refractivity contribution in [2.75, 3.05) is 7.11 Å². The van der Waals surface area contributed by atoms with E-state index in [-0.39, 0.29) is 0 Å². The Kier molecular flexibility index (Phi) is 6.78. The standard InChI is InChI=1S/C9H14O.C2H6/c1-3-8-4-6-9(10-2)7-5-8;1-2/h4-6,9H,3,7H2,1-2H3;1-2H3. The molecule has 0 aromatic rings. The van der Waals surface area contributed by atoms with E-state index in [9.17, 15) is 0 Å². The number of hydrogen-bond acceptors (Lipinski definition) is 1. The van der Waals surface area contributed by atoms with E-state index in [4.69, 9.17) is 4.74 Å². The quantitative estimate of drug-likeness (QED) is 0.614. The van der Waals surface area contributed by atoms with Gasteiger partial charge in [0.05, 0.1) is 6.10 Å². The summed E-state index contributed by atoms with van der Waals surface area (Å²) in [5.41, 5.74) is 1.42. The van der Waals surface area contributed by atoms with E-state index >= 15 is 0 Å². The molecular formula is C11H20O. The highest BCUT2D eigenvalue weighted by atomic mass is 16.5. The Labute approximate surface area is 76.1 Å². The van der Waals surface area contributed by atoms with Gasteiger partial charge in [-0.15, -0.1) is 0 Å². The van der Waals surface area contributed by atoms with Crippen molar-refractivity contribution in [2.45, 2.75) is 39.7 Å². The number of rotatable bonds is 2. The molecule has 0 amide bonds. The molecule has 0 spiro atoms. The van der Waals surface area contributed by atoms with Crippen LogP contribution in [0.1, 0.15) is 33.6 Å². The van der Waals surface area contributed by atoms with Gasteiger partial charge in [-0.25, -0.2) is 0 Å². The van der Waals surface area contributed by atoms with Gasteiger partial charge in [0, 0.05) is 7.11 Å². The molecule has 0 saturated carbocycles. The van der Waals surface area contributed by atoms with E-state index in [0.29, 0.717) is 6.10 Å². The van der Waals surface area contributed by atoms with Crippen molar-refractivity contribution in [2.24, 2.45) is 0 Å². The highest BCUT2D eigenvalue weighted by Crippen LogP contribution is 2.14. The molecule has 0 aromatic heterocycles. The van der Waals surface area contributed by atoms with E-state index < -0.39 is 0 Å². The molecule has 1 nitrogen and oxygen atoms in total. The lowest BCUT2D eigenvalue weighted by molar-refractivity contribution is 0.142. The maximum absolute atomic E-state index is 5.15. The minimum Gasteiger partial charge on any atom is -0.377 e. The number of hydrogen-bond donors (Lipinski definition) is 0. The van der Waals surface area contributed by atoms with Crippen LogP contribution in [0.5, 0.6) is 0 Å². The Morgan fingerprint density at radius 2 is 2.17 bits per heavy atom. The highest BCUT2D eigenvalue weighted by molar-refractivity contribution is 5.23. The predicted molar refractivity (Wildman–Crippen MR) is 54.3 cm³/mol. The Bertz CT molecular complexity index is 156. The largest absolute Gasteiger partial charge is 0.377 e. The van der Waals surface area contributed by atoms with Crippen LogP contribution >= 0.6 is 0 Å². The molecule has 0 saturated heterocycles. The summed E-state index contributed by atoms with van der Waals surface area (Å²) >= 11 is 0. The van der Waals surface area contributed by atoms with Crippen LogP contribution in [-0.2, 0) is 4.74 Å². The number of ether oxygens (including phenoxy) is 1. The molecule has 0 aliphatic heterocycles. The number of methoxy groups -OCH3 is 1. The summed E-state index contributed by atoms with van der Waals surface area (Å²) in [6.45, 7) is 6.17. The van der Waals surface area contributed by atoms with Crippen LogP contribution in [0.2, 0.25) is 0 Å². The first-order chi connectivity index (χ1) is 5.86. The van der Waals surface area contributed by atoms with Crippen LogP contribution in [0.4, 0.5) is 0 Å². The average molecular weight is 168 g/mol. The van der Waals surface area contributed by atoms with E-state index in [1.54, 1.807) is 7.11 Å². The van der Waals surface area contributed by atoms with Crippen LogP contribution in [0.15, 0.2) is 23.8 Å². The van der Waals surface area contributed by atoms with Crippen LogP contribution in [0.3, 0.4) is 0 Å². The summed E-state index contributed by atoms with van der Waals surface area (Å²) in [6.07, 6.45) is 9.00. The molecule has 0 fully saturated rings. The highest BCUT2D eigenvalue weighted by Gasteiger charge is 2.04. The lowest BCUT2D eigenvalue weighted by Gasteiger charge is -2.13. The summed E-state index contributed by atoms with van der Waals surface area (Å²) in [7, 11) is 1.75. The van der Waals surface area contributed by atoms with Gasteiger partial charge in [0.1, 0.15) is 0 Å². The molecule has 0 aromatic carbocycles. The average Bonchev–Trinajstić information content (AvgIpc) is 2.21. The third-order valence-electron chi connectivity index (χ3n) is 1.85. The van der Waals surface area contributed by atoms with Gasteiger partial charge in [-0.1, -0.05) is 44.6 Å². The van der Waals surface area contributed by atoms with E-state index in [0.717, 1.165) is 12.8 Å². The molecule has 70 valence electrons. The SMILES string of the molecule is CC.CCC1=CCC(OC)C=C1. The molecule has 0 bridgehead atoms. The normalized spacial score (nSPS) is 21.0. The van der Waals surface area contributed by atoms with Crippen LogP contribution < -0.4 is 0 Å². The Morgan fingerprint density at radius 3 is 2.50 bits per heavy atom. The van der Waals surface area contributed by atoms with Crippen LogP contribution in [-0.4, -0.2) is 13.2 Å². The zero-order valence-corrected chi connectivity index (χ0v) is 8.63. The van der Waals surface area contributed by atoms with Gasteiger partial charge in [0.15, 0.2) is 0 Å². The van der Waals surface area contributed by atoms with Gasteiger partial charge in [-0.2, -0.15) is 0 Å². The fourth-order valence-electron chi connectivity index (χ4n) is 1.08. The molecule has 0 heterocycles. The van der Waals surface area contributed by atoms with Crippen molar-refractivity contribution < 1.29 is 4.74 Å². The lowest BCUT2D eigenvalue weighted by atomic mass is 10.0. The Hall–Kier alpha value is -0.560. The molecule has 1 unspecified atom stereocenters. The van der Waals surface area contributed by atoms with Gasteiger partial charge < -0.3 is 4.74 Å². The summed E-state index contributed by atoms with van der Waals surface area (Å²) in [6, 6.07) is 0. The lowest BCUT2D eigenvalue weighted by Crippen LogP contribution is -2.07. The fourth-order valence-corrected chi connectivity index (χ4v) is 1.08. The monoisotopic (exact) mass is 168 g/mol. The molecule has 1 aliphatic carbocycles. The molecule has 0 N–H and O–H groups in total. The Morgan fingerprint density at radius 1 is 1.50 bits per heavy atom. The van der Waals surface area contributed by atoms with Crippen LogP contribution in [0.25, 0.3) is 0 Å². The predicted octanol–water partition coefficient (Wildman–Crippen LogP) is 3.32. The summed E-state index contributed by atoms with van der Waals surface area (Å²) in [4.78, 5) is 0. The minimum atomic E-state index is 0.315. The molecule has 1 aliphatic rings. The zero-order valence-electron chi connectivity index (χ0n) is 8.63. The van der Waals surface area contributed by atoms with Gasteiger partial charge in [0.25, 0.3) is 0 Å². The smallest absolute Gasteiger partial charge is 0.0789 e. The van der Waals surface area contributed by atoms with Crippen LogP contribution in [0, 0.1) is 0 Å². The van der Waals surface area contributed by atoms with Gasteiger partial charge in [-0.3, -0.25) is 0 Å². The van der Waals surface area contributed by atoms with Crippen molar-refractivity contribution in [3.05, 3.63) is 23.8 Å². The van der Waals surface area contributed by atoms with Gasteiger partial charge in [-0.05, 0) is 12.8 Å². The second kappa shape index (κ2) is 7.11. The van der Waals surface area contributed by atoms with E-state index in [2.05, 4.69) is 25.2 Å². The first-order valence-electron chi connectivity index (χ1n) is 4.77. The zero-order chi connectivity index (χ0) is 9.40. The Balaban J connectivity index is 0.000000561. The first kappa shape index (κ1) is 11.4. The molecule has 1 heteroatoms. The topological polar surface area (TPSA) is 9.23 Å². The fraction of sp³-hybridized carbons (Fsp3) is 0.636. The molecule has 12 heavy (non-hydrogen) atoms. The van der Waals surface area contributed by atoms with Crippen molar-refractivity contribution in [1.82, 2.24) is 0 Å². The van der Waals surface area contributed by atoms with Gasteiger partial charge >= 0.3 is 0 Å². The van der Waals surface area contributed by atoms with Crippen molar-refractivity contribution in [3.63, 3.8) is 0 Å². The maximum atomic E-state index is 5.15. The van der Waals surface area contributed by atoms with E-state index in [1.807, 2.05) is 13.8 Å². The second-order valence-electron chi connectivity index (χ2n) is 2.50. The minimum absolute atomic E-state index is 0.315. The van der Waals surface area contributed by atoms with Gasteiger partial charge in [0.2, 0.25) is 0 Å². The van der Waals surface area contributed by atoms with Crippen molar-refractivity contribution >= 4 is 0 Å². The molecule has 0 radical (unpaired) electrons.